The summed E-state index contributed by atoms with van der Waals surface area (Å²) in [6.07, 6.45) is 0.952. The van der Waals surface area contributed by atoms with Gasteiger partial charge >= 0.3 is 0 Å². The van der Waals surface area contributed by atoms with Crippen molar-refractivity contribution < 1.29 is 4.74 Å². The predicted octanol–water partition coefficient (Wildman–Crippen LogP) is 2.70. The Morgan fingerprint density at radius 2 is 2.05 bits per heavy atom. The second kappa shape index (κ2) is 6.17. The fraction of sp³-hybridized carbons (Fsp3) is 0.533. The highest BCUT2D eigenvalue weighted by Crippen LogP contribution is 2.22. The summed E-state index contributed by atoms with van der Waals surface area (Å²) < 4.78 is 7.96. The summed E-state index contributed by atoms with van der Waals surface area (Å²) in [5.74, 6) is 1.09. The normalized spacial score (nSPS) is 13.3. The van der Waals surface area contributed by atoms with E-state index in [1.54, 1.807) is 0 Å². The summed E-state index contributed by atoms with van der Waals surface area (Å²) >= 11 is 0. The molecular weight excluding hydrogens is 238 g/mol. The fourth-order valence-corrected chi connectivity index (χ4v) is 2.32. The fourth-order valence-electron chi connectivity index (χ4n) is 2.32. The number of imidazole rings is 1. The van der Waals surface area contributed by atoms with Crippen LogP contribution < -0.4 is 0 Å². The molecule has 1 aromatic carbocycles. The van der Waals surface area contributed by atoms with Crippen LogP contribution in [0.2, 0.25) is 0 Å². The molecule has 0 radical (unpaired) electrons. The molecule has 0 saturated heterocycles. The molecule has 19 heavy (non-hydrogen) atoms. The molecule has 0 fully saturated rings. The van der Waals surface area contributed by atoms with Crippen LogP contribution in [0.4, 0.5) is 0 Å². The monoisotopic (exact) mass is 261 g/mol. The molecule has 104 valence electrons. The second-order valence-electron chi connectivity index (χ2n) is 4.99. The topological polar surface area (TPSA) is 30.3 Å². The van der Waals surface area contributed by atoms with Crippen molar-refractivity contribution in [3.8, 4) is 0 Å². The van der Waals surface area contributed by atoms with E-state index in [0.717, 1.165) is 29.8 Å². The number of hydrogen-bond acceptors (Lipinski definition) is 3. The van der Waals surface area contributed by atoms with Gasteiger partial charge in [-0.15, -0.1) is 0 Å². The lowest BCUT2D eigenvalue weighted by Gasteiger charge is -2.18. The lowest BCUT2D eigenvalue weighted by Crippen LogP contribution is -2.19. The first-order chi connectivity index (χ1) is 9.13. The Labute approximate surface area is 115 Å². The minimum absolute atomic E-state index is 0.0227. The number of fused-ring (bicyclic) bond motifs is 1. The molecule has 4 heteroatoms. The Hall–Kier alpha value is -1.39. The van der Waals surface area contributed by atoms with E-state index in [9.17, 15) is 0 Å². The van der Waals surface area contributed by atoms with Crippen molar-refractivity contribution in [1.29, 1.82) is 0 Å². The van der Waals surface area contributed by atoms with Gasteiger partial charge in [0.1, 0.15) is 12.1 Å². The summed E-state index contributed by atoms with van der Waals surface area (Å²) in [6, 6.07) is 8.25. The summed E-state index contributed by atoms with van der Waals surface area (Å²) in [7, 11) is 4.16. The van der Waals surface area contributed by atoms with Crippen LogP contribution in [0.3, 0.4) is 0 Å². The zero-order valence-corrected chi connectivity index (χ0v) is 12.3. The van der Waals surface area contributed by atoms with Gasteiger partial charge in [0, 0.05) is 19.6 Å². The molecule has 1 heterocycles. The number of nitrogens with zero attached hydrogens (tertiary/aromatic N) is 3. The van der Waals surface area contributed by atoms with Crippen molar-refractivity contribution in [2.24, 2.45) is 0 Å². The quantitative estimate of drug-likeness (QED) is 0.801. The van der Waals surface area contributed by atoms with E-state index in [-0.39, 0.29) is 6.23 Å². The third kappa shape index (κ3) is 3.14. The maximum Gasteiger partial charge on any atom is 0.132 e. The van der Waals surface area contributed by atoms with E-state index in [0.29, 0.717) is 6.61 Å². The van der Waals surface area contributed by atoms with Crippen LogP contribution in [0.25, 0.3) is 11.0 Å². The van der Waals surface area contributed by atoms with Crippen molar-refractivity contribution in [3.63, 3.8) is 0 Å². The number of likely N-dealkylation sites (N-methyl/N-ethyl adjacent to an activating group) is 1. The molecule has 0 saturated carbocycles. The van der Waals surface area contributed by atoms with Crippen LogP contribution in [-0.4, -0.2) is 41.7 Å². The Bertz CT molecular complexity index is 533. The van der Waals surface area contributed by atoms with Crippen LogP contribution in [0, 0.1) is 0 Å². The van der Waals surface area contributed by atoms with E-state index >= 15 is 0 Å². The van der Waals surface area contributed by atoms with E-state index in [4.69, 9.17) is 9.72 Å². The summed E-state index contributed by atoms with van der Waals surface area (Å²) in [4.78, 5) is 6.92. The van der Waals surface area contributed by atoms with Crippen molar-refractivity contribution in [1.82, 2.24) is 14.5 Å². The van der Waals surface area contributed by atoms with Gasteiger partial charge in [-0.3, -0.25) is 0 Å². The number of hydrogen-bond donors (Lipinski definition) is 0. The molecule has 0 amide bonds. The van der Waals surface area contributed by atoms with E-state index in [1.807, 2.05) is 13.0 Å². The maximum absolute atomic E-state index is 5.75. The van der Waals surface area contributed by atoms with Gasteiger partial charge < -0.3 is 14.2 Å². The zero-order chi connectivity index (χ0) is 13.8. The smallest absolute Gasteiger partial charge is 0.132 e. The van der Waals surface area contributed by atoms with E-state index < -0.39 is 0 Å². The molecule has 1 unspecified atom stereocenters. The molecular formula is C15H23N3O. The van der Waals surface area contributed by atoms with Gasteiger partial charge in [-0.25, -0.2) is 4.98 Å². The Morgan fingerprint density at radius 3 is 2.74 bits per heavy atom. The van der Waals surface area contributed by atoms with Gasteiger partial charge in [-0.05, 0) is 40.1 Å². The average Bonchev–Trinajstić information content (AvgIpc) is 2.74. The summed E-state index contributed by atoms with van der Waals surface area (Å²) in [6.45, 7) is 5.80. The van der Waals surface area contributed by atoms with Crippen LogP contribution >= 0.6 is 0 Å². The van der Waals surface area contributed by atoms with Crippen LogP contribution in [0.5, 0.6) is 0 Å². The first-order valence-corrected chi connectivity index (χ1v) is 6.85. The lowest BCUT2D eigenvalue weighted by molar-refractivity contribution is 0.0256. The second-order valence-corrected chi connectivity index (χ2v) is 4.99. The number of aromatic nitrogens is 2. The van der Waals surface area contributed by atoms with Gasteiger partial charge in [-0.2, -0.15) is 0 Å². The minimum atomic E-state index is 0.0227. The van der Waals surface area contributed by atoms with Crippen LogP contribution in [-0.2, 0) is 11.2 Å². The minimum Gasteiger partial charge on any atom is -0.359 e. The Kier molecular flexibility index (Phi) is 4.56. The molecule has 0 N–H and O–H groups in total. The molecule has 1 aromatic heterocycles. The van der Waals surface area contributed by atoms with Crippen molar-refractivity contribution in [2.45, 2.75) is 26.5 Å². The summed E-state index contributed by atoms with van der Waals surface area (Å²) in [5, 5.41) is 0. The molecule has 0 aliphatic carbocycles. The SMILES string of the molecule is CCOC(C)n1c(CCN(C)C)nc2ccccc21. The van der Waals surface area contributed by atoms with Gasteiger partial charge in [-0.1, -0.05) is 12.1 Å². The molecule has 0 spiro atoms. The number of para-hydroxylation sites is 2. The van der Waals surface area contributed by atoms with Crippen molar-refractivity contribution in [3.05, 3.63) is 30.1 Å². The largest absolute Gasteiger partial charge is 0.359 e. The van der Waals surface area contributed by atoms with Crippen LogP contribution in [0.15, 0.2) is 24.3 Å². The first-order valence-electron chi connectivity index (χ1n) is 6.85. The molecule has 1 atom stereocenters. The van der Waals surface area contributed by atoms with E-state index in [2.05, 4.69) is 48.7 Å². The standard InChI is InChI=1S/C15H23N3O/c1-5-19-12(2)18-14-9-7-6-8-13(14)16-15(18)10-11-17(3)4/h6-9,12H,5,10-11H2,1-4H3. The zero-order valence-electron chi connectivity index (χ0n) is 12.3. The highest BCUT2D eigenvalue weighted by molar-refractivity contribution is 5.76. The number of ether oxygens (including phenoxy) is 1. The third-order valence-corrected chi connectivity index (χ3v) is 3.22. The average molecular weight is 261 g/mol. The number of benzene rings is 1. The molecule has 0 aliphatic rings. The molecule has 0 aliphatic heterocycles. The van der Waals surface area contributed by atoms with Crippen molar-refractivity contribution >= 4 is 11.0 Å². The van der Waals surface area contributed by atoms with Gasteiger partial charge in [0.25, 0.3) is 0 Å². The van der Waals surface area contributed by atoms with Gasteiger partial charge in [0.2, 0.25) is 0 Å². The lowest BCUT2D eigenvalue weighted by atomic mass is 10.3. The predicted molar refractivity (Wildman–Crippen MR) is 78.3 cm³/mol. The Morgan fingerprint density at radius 1 is 1.32 bits per heavy atom. The molecule has 2 aromatic rings. The molecule has 2 rings (SSSR count). The Balaban J connectivity index is 2.39. The third-order valence-electron chi connectivity index (χ3n) is 3.22. The first kappa shape index (κ1) is 14.0. The van der Waals surface area contributed by atoms with E-state index in [1.165, 1.54) is 0 Å². The van der Waals surface area contributed by atoms with Gasteiger partial charge in [0.15, 0.2) is 0 Å². The summed E-state index contributed by atoms with van der Waals surface area (Å²) in [5.41, 5.74) is 2.19. The maximum atomic E-state index is 5.75. The molecule has 4 nitrogen and oxygen atoms in total. The highest BCUT2D eigenvalue weighted by Gasteiger charge is 2.15. The van der Waals surface area contributed by atoms with Crippen LogP contribution in [0.1, 0.15) is 25.9 Å². The van der Waals surface area contributed by atoms with Crippen molar-refractivity contribution in [2.75, 3.05) is 27.2 Å². The number of rotatable bonds is 6. The van der Waals surface area contributed by atoms with Gasteiger partial charge in [0.05, 0.1) is 11.0 Å². The highest BCUT2D eigenvalue weighted by atomic mass is 16.5. The molecule has 0 bridgehead atoms.